The molecule has 0 saturated carbocycles. The maximum absolute atomic E-state index is 13.4. The number of carbonyl (C=O) groups excluding carboxylic acids is 1. The molecule has 8 nitrogen and oxygen atoms in total. The monoisotopic (exact) mass is 410 g/mol. The fourth-order valence-corrected chi connectivity index (χ4v) is 5.70. The number of hydrazine groups is 1. The van der Waals surface area contributed by atoms with Gasteiger partial charge in [-0.05, 0) is 32.8 Å². The standard InChI is InChI=1S/C19H27N2O6P/c1-4-26-28(23,27-5-2)17-14(3)20-21(18-16(17)11-12-24-18)19(22)25-13-15-9-7-6-8-10-15/h6-10,16,18,20H,4-5,11-13H2,1-3H3/t16-,18-/m1/s1. The summed E-state index contributed by atoms with van der Waals surface area (Å²) >= 11 is 0. The number of nitrogens with zero attached hydrogens (tertiary/aromatic N) is 1. The van der Waals surface area contributed by atoms with Gasteiger partial charge >= 0.3 is 13.7 Å². The molecular formula is C19H27N2O6P. The first-order valence-corrected chi connectivity index (χ1v) is 11.0. The van der Waals surface area contributed by atoms with Crippen LogP contribution in [-0.4, -0.2) is 37.2 Å². The minimum atomic E-state index is -3.48. The Kier molecular flexibility index (Phi) is 6.78. The van der Waals surface area contributed by atoms with Gasteiger partial charge in [-0.25, -0.2) is 4.79 Å². The summed E-state index contributed by atoms with van der Waals surface area (Å²) in [5.74, 6) is -0.283. The van der Waals surface area contributed by atoms with E-state index in [0.717, 1.165) is 5.56 Å². The molecule has 2 aliphatic heterocycles. The predicted molar refractivity (Wildman–Crippen MR) is 103 cm³/mol. The molecule has 154 valence electrons. The lowest BCUT2D eigenvalue weighted by Gasteiger charge is -2.39. The molecule has 0 radical (unpaired) electrons. The molecule has 0 unspecified atom stereocenters. The van der Waals surface area contributed by atoms with Crippen molar-refractivity contribution in [2.45, 2.75) is 40.0 Å². The molecule has 0 aromatic heterocycles. The fourth-order valence-electron chi connectivity index (χ4n) is 3.54. The van der Waals surface area contributed by atoms with Crippen LogP contribution < -0.4 is 5.43 Å². The molecular weight excluding hydrogens is 383 g/mol. The van der Waals surface area contributed by atoms with E-state index in [2.05, 4.69) is 5.43 Å². The molecule has 2 atom stereocenters. The van der Waals surface area contributed by atoms with Crippen LogP contribution >= 0.6 is 7.60 Å². The maximum Gasteiger partial charge on any atom is 0.431 e. The number of benzene rings is 1. The van der Waals surface area contributed by atoms with Crippen molar-refractivity contribution in [2.24, 2.45) is 5.92 Å². The van der Waals surface area contributed by atoms with Crippen LogP contribution in [0.3, 0.4) is 0 Å². The van der Waals surface area contributed by atoms with Crippen LogP contribution in [0.15, 0.2) is 41.3 Å². The number of hydrogen-bond acceptors (Lipinski definition) is 7. The van der Waals surface area contributed by atoms with Crippen LogP contribution in [0.25, 0.3) is 0 Å². The molecule has 0 bridgehead atoms. The first kappa shape index (κ1) is 20.9. The highest BCUT2D eigenvalue weighted by Gasteiger charge is 2.50. The molecule has 1 N–H and O–H groups in total. The second kappa shape index (κ2) is 9.09. The van der Waals surface area contributed by atoms with Crippen molar-refractivity contribution in [1.82, 2.24) is 10.4 Å². The number of rotatable bonds is 7. The number of hydrogen-bond donors (Lipinski definition) is 1. The molecule has 1 fully saturated rings. The molecule has 9 heteroatoms. The normalized spacial score (nSPS) is 22.0. The van der Waals surface area contributed by atoms with Crippen molar-refractivity contribution < 1.29 is 27.9 Å². The average Bonchev–Trinajstić information content (AvgIpc) is 3.15. The van der Waals surface area contributed by atoms with Gasteiger partial charge in [-0.1, -0.05) is 30.3 Å². The van der Waals surface area contributed by atoms with E-state index in [4.69, 9.17) is 18.5 Å². The Hall–Kier alpha value is -1.86. The second-order valence-corrected chi connectivity index (χ2v) is 8.51. The van der Waals surface area contributed by atoms with Crippen LogP contribution in [0.2, 0.25) is 0 Å². The highest BCUT2D eigenvalue weighted by Crippen LogP contribution is 2.62. The molecule has 0 aliphatic carbocycles. The van der Waals surface area contributed by atoms with E-state index in [9.17, 15) is 9.36 Å². The van der Waals surface area contributed by atoms with Crippen molar-refractivity contribution >= 4 is 13.7 Å². The summed E-state index contributed by atoms with van der Waals surface area (Å²) in [6.07, 6.45) is -0.566. The molecule has 1 saturated heterocycles. The maximum atomic E-state index is 13.4. The Labute approximate surface area is 165 Å². The molecule has 28 heavy (non-hydrogen) atoms. The molecule has 0 spiro atoms. The third-order valence-corrected chi connectivity index (χ3v) is 7.09. The largest absolute Gasteiger partial charge is 0.443 e. The van der Waals surface area contributed by atoms with E-state index in [1.165, 1.54) is 5.01 Å². The molecule has 1 aromatic rings. The number of fused-ring (bicyclic) bond motifs is 1. The minimum absolute atomic E-state index is 0.154. The summed E-state index contributed by atoms with van der Waals surface area (Å²) in [6.45, 7) is 6.41. The zero-order valence-corrected chi connectivity index (χ0v) is 17.3. The second-order valence-electron chi connectivity index (χ2n) is 6.52. The number of carbonyl (C=O) groups is 1. The number of nitrogens with one attached hydrogen (secondary N) is 1. The topological polar surface area (TPSA) is 86.3 Å². The summed E-state index contributed by atoms with van der Waals surface area (Å²) in [4.78, 5) is 12.7. The Morgan fingerprint density at radius 2 is 1.93 bits per heavy atom. The Balaban J connectivity index is 1.80. The van der Waals surface area contributed by atoms with Gasteiger partial charge in [0.15, 0.2) is 6.23 Å². The highest BCUT2D eigenvalue weighted by atomic mass is 31.2. The van der Waals surface area contributed by atoms with E-state index in [1.807, 2.05) is 30.3 Å². The highest BCUT2D eigenvalue weighted by molar-refractivity contribution is 7.58. The van der Waals surface area contributed by atoms with Crippen molar-refractivity contribution in [1.29, 1.82) is 0 Å². The molecule has 1 amide bonds. The van der Waals surface area contributed by atoms with Gasteiger partial charge in [-0.15, -0.1) is 0 Å². The lowest BCUT2D eigenvalue weighted by atomic mass is 10.0. The first-order chi connectivity index (χ1) is 13.5. The van der Waals surface area contributed by atoms with Crippen molar-refractivity contribution in [3.63, 3.8) is 0 Å². The van der Waals surface area contributed by atoms with Gasteiger partial charge in [-0.2, -0.15) is 5.01 Å². The van der Waals surface area contributed by atoms with Crippen LogP contribution in [0.1, 0.15) is 32.8 Å². The minimum Gasteiger partial charge on any atom is -0.443 e. The molecule has 2 heterocycles. The quantitative estimate of drug-likeness (QED) is 0.680. The van der Waals surface area contributed by atoms with Crippen LogP contribution in [0.4, 0.5) is 4.79 Å². The summed E-state index contributed by atoms with van der Waals surface area (Å²) in [5.41, 5.74) is 4.43. The summed E-state index contributed by atoms with van der Waals surface area (Å²) in [6, 6.07) is 9.44. The van der Waals surface area contributed by atoms with Gasteiger partial charge in [-0.3, -0.25) is 9.99 Å². The molecule has 1 aromatic carbocycles. The van der Waals surface area contributed by atoms with E-state index >= 15 is 0 Å². The Bertz CT molecular complexity index is 759. The SMILES string of the molecule is CCOP(=O)(OCC)C1=C(C)NN(C(=O)OCc2ccccc2)[C@@H]2OCC[C@H]12. The Morgan fingerprint density at radius 1 is 1.25 bits per heavy atom. The smallest absolute Gasteiger partial charge is 0.431 e. The van der Waals surface area contributed by atoms with Gasteiger partial charge in [0, 0.05) is 11.6 Å². The van der Waals surface area contributed by atoms with E-state index in [1.54, 1.807) is 20.8 Å². The Morgan fingerprint density at radius 3 is 2.57 bits per heavy atom. The average molecular weight is 410 g/mol. The third kappa shape index (κ3) is 4.25. The number of allylic oxidation sites excluding steroid dienone is 1. The van der Waals surface area contributed by atoms with Gasteiger partial charge in [0.1, 0.15) is 6.61 Å². The van der Waals surface area contributed by atoms with E-state index in [0.29, 0.717) is 24.0 Å². The number of amides is 1. The van der Waals surface area contributed by atoms with Crippen LogP contribution in [-0.2, 0) is 29.7 Å². The predicted octanol–water partition coefficient (Wildman–Crippen LogP) is 4.00. The zero-order chi connectivity index (χ0) is 20.1. The number of ether oxygens (including phenoxy) is 2. The van der Waals surface area contributed by atoms with Crippen molar-refractivity contribution in [3.05, 3.63) is 46.9 Å². The lowest BCUT2D eigenvalue weighted by molar-refractivity contribution is -0.0582. The van der Waals surface area contributed by atoms with Gasteiger partial charge in [0.2, 0.25) is 0 Å². The van der Waals surface area contributed by atoms with Gasteiger partial charge in [0.05, 0.1) is 25.1 Å². The summed E-state index contributed by atoms with van der Waals surface area (Å²) in [7, 11) is -3.48. The van der Waals surface area contributed by atoms with Crippen LogP contribution in [0.5, 0.6) is 0 Å². The van der Waals surface area contributed by atoms with Crippen LogP contribution in [0, 0.1) is 5.92 Å². The lowest BCUT2D eigenvalue weighted by Crippen LogP contribution is -2.54. The van der Waals surface area contributed by atoms with E-state index < -0.39 is 19.9 Å². The first-order valence-electron chi connectivity index (χ1n) is 9.48. The third-order valence-electron chi connectivity index (χ3n) is 4.63. The summed E-state index contributed by atoms with van der Waals surface area (Å²) in [5, 5.41) is 1.87. The summed E-state index contributed by atoms with van der Waals surface area (Å²) < 4.78 is 35.6. The van der Waals surface area contributed by atoms with Gasteiger partial charge in [0.25, 0.3) is 0 Å². The van der Waals surface area contributed by atoms with Crippen molar-refractivity contribution in [2.75, 3.05) is 19.8 Å². The van der Waals surface area contributed by atoms with Gasteiger partial charge < -0.3 is 18.5 Å². The van der Waals surface area contributed by atoms with Crippen molar-refractivity contribution in [3.8, 4) is 0 Å². The fraction of sp³-hybridized carbons (Fsp3) is 0.526. The molecule has 3 rings (SSSR count). The zero-order valence-electron chi connectivity index (χ0n) is 16.4. The van der Waals surface area contributed by atoms with E-state index in [-0.39, 0.29) is 25.7 Å². The molecule has 2 aliphatic rings.